The predicted molar refractivity (Wildman–Crippen MR) is 85.4 cm³/mol. The van der Waals surface area contributed by atoms with Gasteiger partial charge < -0.3 is 14.3 Å². The molecule has 5 nitrogen and oxygen atoms in total. The first-order valence-corrected chi connectivity index (χ1v) is 7.11. The van der Waals surface area contributed by atoms with Crippen LogP contribution in [0.4, 0.5) is 0 Å². The van der Waals surface area contributed by atoms with Gasteiger partial charge in [0.05, 0.1) is 7.11 Å². The van der Waals surface area contributed by atoms with Crippen molar-refractivity contribution in [1.82, 2.24) is 0 Å². The van der Waals surface area contributed by atoms with E-state index in [0.29, 0.717) is 11.3 Å². The van der Waals surface area contributed by atoms with Crippen LogP contribution in [0, 0.1) is 6.92 Å². The molecular weight excluding hydrogens is 352 g/mol. The van der Waals surface area contributed by atoms with Gasteiger partial charge in [0.1, 0.15) is 22.8 Å². The van der Waals surface area contributed by atoms with Crippen LogP contribution in [-0.4, -0.2) is 18.0 Å². The number of carbonyl (C=O) groups is 1. The minimum Gasteiger partial charge on any atom is -0.507 e. The van der Waals surface area contributed by atoms with Crippen LogP contribution in [-0.2, 0) is 0 Å². The smallest absolute Gasteiger partial charge is 0.351 e. The van der Waals surface area contributed by atoms with Gasteiger partial charge >= 0.3 is 5.63 Å². The van der Waals surface area contributed by atoms with E-state index >= 15 is 0 Å². The topological polar surface area (TPSA) is 76.7 Å². The lowest BCUT2D eigenvalue weighted by atomic mass is 10.1. The van der Waals surface area contributed by atoms with Gasteiger partial charge in [0.25, 0.3) is 0 Å². The molecule has 1 N–H and O–H groups in total. The Morgan fingerprint density at radius 3 is 2.73 bits per heavy atom. The van der Waals surface area contributed by atoms with Gasteiger partial charge in [-0.05, 0) is 37.3 Å². The molecule has 0 spiro atoms. The van der Waals surface area contributed by atoms with Crippen LogP contribution in [0.1, 0.15) is 21.7 Å². The van der Waals surface area contributed by atoms with E-state index in [-0.39, 0.29) is 5.76 Å². The zero-order chi connectivity index (χ0) is 16.3. The fourth-order valence-corrected chi connectivity index (χ4v) is 2.29. The Bertz CT molecular complexity index is 805. The lowest BCUT2D eigenvalue weighted by molar-refractivity contribution is 0.104. The average Bonchev–Trinajstić information content (AvgIpc) is 2.44. The van der Waals surface area contributed by atoms with Crippen LogP contribution in [0.25, 0.3) is 6.08 Å². The van der Waals surface area contributed by atoms with E-state index in [1.165, 1.54) is 32.3 Å². The molecule has 0 unspecified atom stereocenters. The molecule has 1 aromatic carbocycles. The van der Waals surface area contributed by atoms with E-state index < -0.39 is 22.7 Å². The Balaban J connectivity index is 2.37. The number of ether oxygens (including phenoxy) is 1. The second-order valence-corrected chi connectivity index (χ2v) is 5.40. The fraction of sp³-hybridized carbons (Fsp3) is 0.125. The number of hydrogen-bond acceptors (Lipinski definition) is 5. The highest BCUT2D eigenvalue weighted by molar-refractivity contribution is 9.10. The molecule has 22 heavy (non-hydrogen) atoms. The van der Waals surface area contributed by atoms with E-state index in [1.54, 1.807) is 18.2 Å². The van der Waals surface area contributed by atoms with Crippen LogP contribution >= 0.6 is 15.9 Å². The summed E-state index contributed by atoms with van der Waals surface area (Å²) in [4.78, 5) is 23.8. The Morgan fingerprint density at radius 1 is 1.36 bits per heavy atom. The number of ketones is 1. The first kappa shape index (κ1) is 16.0. The number of halogens is 1. The summed E-state index contributed by atoms with van der Waals surface area (Å²) >= 11 is 3.33. The molecule has 0 bridgehead atoms. The normalized spacial score (nSPS) is 10.9. The molecule has 0 fully saturated rings. The Labute approximate surface area is 135 Å². The van der Waals surface area contributed by atoms with E-state index in [4.69, 9.17) is 9.15 Å². The van der Waals surface area contributed by atoms with Gasteiger partial charge in [-0.3, -0.25) is 4.79 Å². The molecule has 0 saturated carbocycles. The zero-order valence-corrected chi connectivity index (χ0v) is 13.5. The minimum atomic E-state index is -0.867. The van der Waals surface area contributed by atoms with Crippen LogP contribution in [0.15, 0.2) is 44.0 Å². The summed E-state index contributed by atoms with van der Waals surface area (Å²) in [6.07, 6.45) is 2.69. The van der Waals surface area contributed by atoms with Crippen molar-refractivity contribution in [3.8, 4) is 11.5 Å². The van der Waals surface area contributed by atoms with E-state index in [1.807, 2.05) is 0 Å². The molecule has 0 saturated heterocycles. The predicted octanol–water partition coefficient (Wildman–Crippen LogP) is 3.32. The lowest BCUT2D eigenvalue weighted by Crippen LogP contribution is -2.12. The Morgan fingerprint density at radius 2 is 2.09 bits per heavy atom. The van der Waals surface area contributed by atoms with Crippen molar-refractivity contribution in [3.63, 3.8) is 0 Å². The summed E-state index contributed by atoms with van der Waals surface area (Å²) in [5.41, 5.74) is -0.606. The number of rotatable bonds is 4. The molecule has 2 aromatic rings. The van der Waals surface area contributed by atoms with Crippen molar-refractivity contribution < 1.29 is 19.1 Å². The number of benzene rings is 1. The van der Waals surface area contributed by atoms with Crippen molar-refractivity contribution >= 4 is 27.8 Å². The summed E-state index contributed by atoms with van der Waals surface area (Å²) in [6, 6.07) is 6.53. The van der Waals surface area contributed by atoms with Crippen molar-refractivity contribution in [3.05, 3.63) is 62.1 Å². The molecule has 6 heteroatoms. The first-order chi connectivity index (χ1) is 10.4. The number of carbonyl (C=O) groups excluding carboxylic acids is 1. The summed E-state index contributed by atoms with van der Waals surface area (Å²) in [6.45, 7) is 1.51. The molecule has 2 rings (SSSR count). The molecule has 0 aliphatic heterocycles. The third-order valence-electron chi connectivity index (χ3n) is 2.91. The van der Waals surface area contributed by atoms with Crippen LogP contribution in [0.3, 0.4) is 0 Å². The van der Waals surface area contributed by atoms with Gasteiger partial charge in [0.15, 0.2) is 5.78 Å². The first-order valence-electron chi connectivity index (χ1n) is 6.32. The standard InChI is InChI=1S/C16H13BrO5/c1-9-7-13(19)15(16(20)22-9)12(18)5-3-10-8-11(17)4-6-14(10)21-2/h3-8,19H,1-2H3/b5-3+. The lowest BCUT2D eigenvalue weighted by Gasteiger charge is -2.05. The minimum absolute atomic E-state index is 0.233. The number of hydrogen-bond donors (Lipinski definition) is 1. The molecule has 1 heterocycles. The molecule has 0 aliphatic carbocycles. The summed E-state index contributed by atoms with van der Waals surface area (Å²) in [5, 5.41) is 9.74. The molecule has 0 radical (unpaired) electrons. The van der Waals surface area contributed by atoms with Gasteiger partial charge in [-0.25, -0.2) is 4.79 Å². The monoisotopic (exact) mass is 364 g/mol. The van der Waals surface area contributed by atoms with Crippen molar-refractivity contribution in [2.24, 2.45) is 0 Å². The van der Waals surface area contributed by atoms with Crippen LogP contribution in [0.2, 0.25) is 0 Å². The third kappa shape index (κ3) is 3.46. The number of aromatic hydroxyl groups is 1. The molecular formula is C16H13BrO5. The molecule has 0 aliphatic rings. The van der Waals surface area contributed by atoms with E-state index in [9.17, 15) is 14.7 Å². The molecule has 0 atom stereocenters. The van der Waals surface area contributed by atoms with Crippen molar-refractivity contribution in [2.45, 2.75) is 6.92 Å². The molecule has 0 amide bonds. The van der Waals surface area contributed by atoms with Gasteiger partial charge in [-0.1, -0.05) is 15.9 Å². The van der Waals surface area contributed by atoms with Crippen molar-refractivity contribution in [2.75, 3.05) is 7.11 Å². The maximum absolute atomic E-state index is 12.1. The summed E-state index contributed by atoms with van der Waals surface area (Å²) < 4.78 is 10.8. The van der Waals surface area contributed by atoms with Gasteiger partial charge in [0, 0.05) is 16.1 Å². The average molecular weight is 365 g/mol. The van der Waals surface area contributed by atoms with Gasteiger partial charge in [-0.15, -0.1) is 0 Å². The highest BCUT2D eigenvalue weighted by atomic mass is 79.9. The van der Waals surface area contributed by atoms with Gasteiger partial charge in [0.2, 0.25) is 0 Å². The highest BCUT2D eigenvalue weighted by Gasteiger charge is 2.16. The van der Waals surface area contributed by atoms with Crippen LogP contribution in [0.5, 0.6) is 11.5 Å². The molecule has 1 aromatic heterocycles. The quantitative estimate of drug-likeness (QED) is 0.665. The number of aryl methyl sites for hydroxylation is 1. The van der Waals surface area contributed by atoms with Crippen LogP contribution < -0.4 is 10.4 Å². The SMILES string of the molecule is COc1ccc(Br)cc1/C=C/C(=O)c1c(O)cc(C)oc1=O. The Kier molecular flexibility index (Phi) is 4.82. The summed E-state index contributed by atoms with van der Waals surface area (Å²) in [7, 11) is 1.52. The largest absolute Gasteiger partial charge is 0.507 e. The van der Waals surface area contributed by atoms with Gasteiger partial charge in [-0.2, -0.15) is 0 Å². The van der Waals surface area contributed by atoms with Crippen molar-refractivity contribution in [1.29, 1.82) is 0 Å². The third-order valence-corrected chi connectivity index (χ3v) is 3.40. The fourth-order valence-electron chi connectivity index (χ4n) is 1.91. The molecule has 114 valence electrons. The summed E-state index contributed by atoms with van der Waals surface area (Å²) in [5.74, 6) is -0.234. The van der Waals surface area contributed by atoms with E-state index in [0.717, 1.165) is 4.47 Å². The maximum Gasteiger partial charge on any atom is 0.351 e. The van der Waals surface area contributed by atoms with E-state index in [2.05, 4.69) is 15.9 Å². The second kappa shape index (κ2) is 6.62. The Hall–Kier alpha value is -2.34. The second-order valence-electron chi connectivity index (χ2n) is 4.49. The number of methoxy groups -OCH3 is 1. The zero-order valence-electron chi connectivity index (χ0n) is 11.9. The highest BCUT2D eigenvalue weighted by Crippen LogP contribution is 2.24. The maximum atomic E-state index is 12.1. The number of allylic oxidation sites excluding steroid dienone is 1.